The van der Waals surface area contributed by atoms with Crippen LogP contribution in [-0.2, 0) is 0 Å². The average molecular weight is 430 g/mol. The van der Waals surface area contributed by atoms with Crippen LogP contribution in [-0.4, -0.2) is 12.6 Å². The van der Waals surface area contributed by atoms with Crippen molar-refractivity contribution in [3.63, 3.8) is 0 Å². The maximum atomic E-state index is 13.1. The molecule has 0 fully saturated rings. The monoisotopic (exact) mass is 430 g/mol. The molecule has 162 valence electrons. The molecule has 1 aromatic heterocycles. The lowest BCUT2D eigenvalue weighted by Crippen LogP contribution is -2.10. The molecule has 6 nitrogen and oxygen atoms in total. The summed E-state index contributed by atoms with van der Waals surface area (Å²) < 4.78 is 22.7. The highest BCUT2D eigenvalue weighted by atomic mass is 16.5. The van der Waals surface area contributed by atoms with Crippen molar-refractivity contribution in [1.29, 1.82) is 0 Å². The van der Waals surface area contributed by atoms with E-state index in [-0.39, 0.29) is 16.9 Å². The summed E-state index contributed by atoms with van der Waals surface area (Å²) in [4.78, 5) is 25.5. The van der Waals surface area contributed by atoms with E-state index in [2.05, 4.69) is 0 Å². The molecule has 0 unspecified atom stereocenters. The Morgan fingerprint density at radius 3 is 2.38 bits per heavy atom. The van der Waals surface area contributed by atoms with Crippen molar-refractivity contribution < 1.29 is 23.4 Å². The third-order valence-corrected chi connectivity index (χ3v) is 4.85. The number of aryl methyl sites for hydroxylation is 2. The molecule has 1 heterocycles. The van der Waals surface area contributed by atoms with Crippen molar-refractivity contribution in [3.05, 3.63) is 93.8 Å². The van der Waals surface area contributed by atoms with Gasteiger partial charge in [0.1, 0.15) is 17.1 Å². The highest BCUT2D eigenvalue weighted by Gasteiger charge is 2.17. The predicted octanol–water partition coefficient (Wildman–Crippen LogP) is 5.82. The van der Waals surface area contributed by atoms with Crippen LogP contribution in [0, 0.1) is 13.8 Å². The second-order valence-electron chi connectivity index (χ2n) is 7.21. The Morgan fingerprint density at radius 1 is 0.938 bits per heavy atom. The normalized spacial score (nSPS) is 10.7. The zero-order chi connectivity index (χ0) is 22.7. The van der Waals surface area contributed by atoms with Crippen LogP contribution in [0.15, 0.2) is 75.9 Å². The quantitative estimate of drug-likeness (QED) is 0.283. The summed E-state index contributed by atoms with van der Waals surface area (Å²) in [6, 6.07) is 18.8. The maximum Gasteiger partial charge on any atom is 0.343 e. The lowest BCUT2D eigenvalue weighted by atomic mass is 10.1. The lowest BCUT2D eigenvalue weighted by Gasteiger charge is -2.13. The summed E-state index contributed by atoms with van der Waals surface area (Å²) >= 11 is 0. The fourth-order valence-electron chi connectivity index (χ4n) is 3.22. The first-order valence-corrected chi connectivity index (χ1v) is 10.2. The van der Waals surface area contributed by atoms with Crippen LogP contribution < -0.4 is 19.6 Å². The standard InChI is InChI=1S/C26H22O6/c1-4-29-21-7-5-6-8-22(21)32-25-17(3)30-23-15-19(13-14-20(23)24(25)27)31-26(28)18-11-9-16(2)10-12-18/h5-15H,4H2,1-3H3. The van der Waals surface area contributed by atoms with Gasteiger partial charge >= 0.3 is 5.97 Å². The van der Waals surface area contributed by atoms with Gasteiger partial charge in [-0.3, -0.25) is 4.79 Å². The van der Waals surface area contributed by atoms with Crippen LogP contribution in [0.4, 0.5) is 0 Å². The minimum atomic E-state index is -0.490. The van der Waals surface area contributed by atoms with Gasteiger partial charge in [-0.25, -0.2) is 4.79 Å². The fraction of sp³-hybridized carbons (Fsp3) is 0.154. The molecule has 32 heavy (non-hydrogen) atoms. The zero-order valence-electron chi connectivity index (χ0n) is 18.0. The van der Waals surface area contributed by atoms with Crippen molar-refractivity contribution in [2.45, 2.75) is 20.8 Å². The Kier molecular flexibility index (Phi) is 5.94. The smallest absolute Gasteiger partial charge is 0.343 e. The summed E-state index contributed by atoms with van der Waals surface area (Å²) in [6.07, 6.45) is 0. The third-order valence-electron chi connectivity index (χ3n) is 4.85. The Morgan fingerprint density at radius 2 is 1.66 bits per heavy atom. The average Bonchev–Trinajstić information content (AvgIpc) is 2.78. The highest BCUT2D eigenvalue weighted by molar-refractivity contribution is 5.91. The maximum absolute atomic E-state index is 13.1. The Labute approximate surface area is 185 Å². The van der Waals surface area contributed by atoms with Gasteiger partial charge in [-0.1, -0.05) is 29.8 Å². The summed E-state index contributed by atoms with van der Waals surface area (Å²) in [6.45, 7) is 5.92. The number of benzene rings is 3. The second kappa shape index (κ2) is 8.98. The van der Waals surface area contributed by atoms with Crippen LogP contribution in [0.25, 0.3) is 11.0 Å². The molecule has 0 bridgehead atoms. The largest absolute Gasteiger partial charge is 0.490 e. The summed E-state index contributed by atoms with van der Waals surface area (Å²) in [5.41, 5.74) is 1.45. The fourth-order valence-corrected chi connectivity index (χ4v) is 3.22. The Hall–Kier alpha value is -4.06. The minimum absolute atomic E-state index is 0.0778. The third kappa shape index (κ3) is 4.34. The van der Waals surface area contributed by atoms with Gasteiger partial charge < -0.3 is 18.6 Å². The summed E-state index contributed by atoms with van der Waals surface area (Å²) in [5.74, 6) is 1.13. The number of fused-ring (bicyclic) bond motifs is 1. The molecule has 4 rings (SSSR count). The second-order valence-corrected chi connectivity index (χ2v) is 7.21. The molecule has 0 N–H and O–H groups in total. The van der Waals surface area contributed by atoms with Crippen molar-refractivity contribution >= 4 is 16.9 Å². The first-order chi connectivity index (χ1) is 15.5. The van der Waals surface area contributed by atoms with E-state index in [1.165, 1.54) is 6.07 Å². The Bertz CT molecular complexity index is 1340. The SMILES string of the molecule is CCOc1ccccc1Oc1c(C)oc2cc(OC(=O)c3ccc(C)cc3)ccc2c1=O. The van der Waals surface area contributed by atoms with Crippen molar-refractivity contribution in [2.24, 2.45) is 0 Å². The predicted molar refractivity (Wildman–Crippen MR) is 121 cm³/mol. The van der Waals surface area contributed by atoms with Gasteiger partial charge in [-0.15, -0.1) is 0 Å². The lowest BCUT2D eigenvalue weighted by molar-refractivity contribution is 0.0735. The van der Waals surface area contributed by atoms with E-state index in [1.807, 2.05) is 32.0 Å². The molecule has 0 saturated carbocycles. The molecule has 0 saturated heterocycles. The number of carbonyl (C=O) groups excluding carboxylic acids is 1. The molecule has 0 aliphatic carbocycles. The molecular weight excluding hydrogens is 408 g/mol. The minimum Gasteiger partial charge on any atom is -0.490 e. The van der Waals surface area contributed by atoms with Crippen LogP contribution >= 0.6 is 0 Å². The molecule has 0 spiro atoms. The van der Waals surface area contributed by atoms with Gasteiger partial charge in [0.2, 0.25) is 11.2 Å². The summed E-state index contributed by atoms with van der Waals surface area (Å²) in [5, 5.41) is 0.314. The van der Waals surface area contributed by atoms with Gasteiger partial charge in [-0.2, -0.15) is 0 Å². The van der Waals surface area contributed by atoms with E-state index in [9.17, 15) is 9.59 Å². The van der Waals surface area contributed by atoms with Crippen LogP contribution in [0.1, 0.15) is 28.6 Å². The molecular formula is C26H22O6. The molecule has 4 aromatic rings. The molecule has 0 atom stereocenters. The van der Waals surface area contributed by atoms with Gasteiger partial charge in [0.15, 0.2) is 11.5 Å². The van der Waals surface area contributed by atoms with E-state index in [4.69, 9.17) is 18.6 Å². The van der Waals surface area contributed by atoms with E-state index < -0.39 is 5.97 Å². The van der Waals surface area contributed by atoms with E-state index >= 15 is 0 Å². The van der Waals surface area contributed by atoms with Crippen molar-refractivity contribution in [3.8, 4) is 23.0 Å². The number of carbonyl (C=O) groups is 1. The van der Waals surface area contributed by atoms with Gasteiger partial charge in [0.25, 0.3) is 0 Å². The summed E-state index contributed by atoms with van der Waals surface area (Å²) in [7, 11) is 0. The molecule has 0 aliphatic rings. The zero-order valence-corrected chi connectivity index (χ0v) is 18.0. The molecule has 0 aliphatic heterocycles. The first-order valence-electron chi connectivity index (χ1n) is 10.2. The first kappa shape index (κ1) is 21.2. The highest BCUT2D eigenvalue weighted by Crippen LogP contribution is 2.33. The topological polar surface area (TPSA) is 75.0 Å². The van der Waals surface area contributed by atoms with Crippen LogP contribution in [0.3, 0.4) is 0 Å². The number of para-hydroxylation sites is 2. The molecule has 3 aromatic carbocycles. The molecule has 0 amide bonds. The number of ether oxygens (including phenoxy) is 3. The van der Waals surface area contributed by atoms with E-state index in [1.54, 1.807) is 49.4 Å². The Balaban J connectivity index is 1.64. The number of hydrogen-bond donors (Lipinski definition) is 0. The van der Waals surface area contributed by atoms with Crippen molar-refractivity contribution in [2.75, 3.05) is 6.61 Å². The number of rotatable bonds is 6. The number of hydrogen-bond acceptors (Lipinski definition) is 6. The number of esters is 1. The van der Waals surface area contributed by atoms with E-state index in [0.717, 1.165) is 5.56 Å². The molecule has 0 radical (unpaired) electrons. The van der Waals surface area contributed by atoms with Crippen LogP contribution in [0.5, 0.6) is 23.0 Å². The van der Waals surface area contributed by atoms with Crippen LogP contribution in [0.2, 0.25) is 0 Å². The van der Waals surface area contributed by atoms with Gasteiger partial charge in [0.05, 0.1) is 17.6 Å². The molecule has 6 heteroatoms. The van der Waals surface area contributed by atoms with Gasteiger partial charge in [-0.05, 0) is 57.2 Å². The van der Waals surface area contributed by atoms with E-state index in [0.29, 0.717) is 40.4 Å². The van der Waals surface area contributed by atoms with Gasteiger partial charge in [0, 0.05) is 6.07 Å². The van der Waals surface area contributed by atoms with Crippen molar-refractivity contribution in [1.82, 2.24) is 0 Å².